The van der Waals surface area contributed by atoms with Crippen LogP contribution in [-0.4, -0.2) is 11.8 Å². The molecule has 0 spiro atoms. The van der Waals surface area contributed by atoms with Gasteiger partial charge in [0.1, 0.15) is 0 Å². The summed E-state index contributed by atoms with van der Waals surface area (Å²) < 4.78 is 0.652. The van der Waals surface area contributed by atoms with Gasteiger partial charge in [0.25, 0.3) is 0 Å². The van der Waals surface area contributed by atoms with Crippen LogP contribution >= 0.6 is 22.9 Å². The Morgan fingerprint density at radius 1 is 1.50 bits per heavy atom. The normalized spacial score (nSPS) is 25.6. The summed E-state index contributed by atoms with van der Waals surface area (Å²) in [5, 5.41) is 0. The minimum absolute atomic E-state index is 0.0272. The van der Waals surface area contributed by atoms with E-state index in [9.17, 15) is 4.79 Å². The predicted molar refractivity (Wildman–Crippen MR) is 58.9 cm³/mol. The van der Waals surface area contributed by atoms with Crippen molar-refractivity contribution in [2.75, 3.05) is 0 Å². The number of nitrogens with two attached hydrogens (primary N) is 1. The Morgan fingerprint density at radius 2 is 2.29 bits per heavy atom. The van der Waals surface area contributed by atoms with Gasteiger partial charge in [0.15, 0.2) is 5.78 Å². The Kier molecular flexibility index (Phi) is 2.72. The number of thiophene rings is 1. The van der Waals surface area contributed by atoms with Gasteiger partial charge in [-0.2, -0.15) is 0 Å². The summed E-state index contributed by atoms with van der Waals surface area (Å²) in [7, 11) is 0. The molecule has 0 fully saturated rings. The fourth-order valence-corrected chi connectivity index (χ4v) is 2.60. The zero-order valence-corrected chi connectivity index (χ0v) is 9.02. The minimum Gasteiger partial charge on any atom is -0.324 e. The average molecular weight is 228 g/mol. The Balaban J connectivity index is 2.13. The lowest BCUT2D eigenvalue weighted by Crippen LogP contribution is -2.18. The maximum absolute atomic E-state index is 11.9. The van der Waals surface area contributed by atoms with E-state index in [0.717, 1.165) is 4.88 Å². The summed E-state index contributed by atoms with van der Waals surface area (Å²) in [6, 6.07) is 3.55. The third kappa shape index (κ3) is 1.90. The van der Waals surface area contributed by atoms with Crippen molar-refractivity contribution in [2.45, 2.75) is 12.5 Å². The molecule has 0 bridgehead atoms. The highest BCUT2D eigenvalue weighted by Crippen LogP contribution is 2.27. The highest BCUT2D eigenvalue weighted by atomic mass is 35.5. The molecule has 4 heteroatoms. The van der Waals surface area contributed by atoms with Crippen molar-refractivity contribution in [3.8, 4) is 0 Å². The number of hydrogen-bond donors (Lipinski definition) is 1. The molecule has 0 amide bonds. The summed E-state index contributed by atoms with van der Waals surface area (Å²) in [4.78, 5) is 12.6. The topological polar surface area (TPSA) is 43.1 Å². The molecule has 2 N–H and O–H groups in total. The van der Waals surface area contributed by atoms with E-state index >= 15 is 0 Å². The molecular formula is C10H10ClNOS. The summed E-state index contributed by atoms with van der Waals surface area (Å²) in [5.74, 6) is 0.0748. The van der Waals surface area contributed by atoms with Crippen LogP contribution < -0.4 is 5.73 Å². The fourth-order valence-electron chi connectivity index (χ4n) is 1.55. The summed E-state index contributed by atoms with van der Waals surface area (Å²) in [5.41, 5.74) is 5.68. The second kappa shape index (κ2) is 3.85. The summed E-state index contributed by atoms with van der Waals surface area (Å²) >= 11 is 7.09. The molecule has 14 heavy (non-hydrogen) atoms. The van der Waals surface area contributed by atoms with Gasteiger partial charge in [-0.15, -0.1) is 11.3 Å². The zero-order valence-electron chi connectivity index (χ0n) is 7.44. The second-order valence-corrected chi connectivity index (χ2v) is 5.07. The Labute approximate surface area is 91.4 Å². The number of carbonyl (C=O) groups excluding carboxylic acids is 1. The van der Waals surface area contributed by atoms with Crippen LogP contribution in [0.4, 0.5) is 0 Å². The molecule has 1 aromatic heterocycles. The van der Waals surface area contributed by atoms with Crippen LogP contribution in [0.3, 0.4) is 0 Å². The van der Waals surface area contributed by atoms with Crippen LogP contribution in [-0.2, 0) is 0 Å². The number of carbonyl (C=O) groups is 1. The molecule has 0 saturated heterocycles. The van der Waals surface area contributed by atoms with Gasteiger partial charge < -0.3 is 5.73 Å². The number of rotatable bonds is 2. The average Bonchev–Trinajstić information content (AvgIpc) is 2.73. The maximum Gasteiger partial charge on any atom is 0.179 e. The Morgan fingerprint density at radius 3 is 2.79 bits per heavy atom. The van der Waals surface area contributed by atoms with Crippen molar-refractivity contribution in [1.82, 2.24) is 0 Å². The van der Waals surface area contributed by atoms with Crippen molar-refractivity contribution in [1.29, 1.82) is 0 Å². The van der Waals surface area contributed by atoms with Crippen LogP contribution in [0.1, 0.15) is 16.1 Å². The quantitative estimate of drug-likeness (QED) is 0.623. The second-order valence-electron chi connectivity index (χ2n) is 3.36. The first-order chi connectivity index (χ1) is 6.66. The first-order valence-corrected chi connectivity index (χ1v) is 5.60. The van der Waals surface area contributed by atoms with Crippen molar-refractivity contribution < 1.29 is 4.79 Å². The van der Waals surface area contributed by atoms with Crippen molar-refractivity contribution in [3.05, 3.63) is 33.5 Å². The van der Waals surface area contributed by atoms with E-state index in [1.807, 2.05) is 12.2 Å². The number of hydrogen-bond acceptors (Lipinski definition) is 3. The van der Waals surface area contributed by atoms with Gasteiger partial charge in [-0.05, 0) is 18.6 Å². The zero-order chi connectivity index (χ0) is 10.1. The van der Waals surface area contributed by atoms with Crippen LogP contribution in [0.5, 0.6) is 0 Å². The lowest BCUT2D eigenvalue weighted by molar-refractivity contribution is 0.0947. The third-order valence-electron chi connectivity index (χ3n) is 2.27. The molecule has 74 valence electrons. The van der Waals surface area contributed by atoms with Gasteiger partial charge in [-0.1, -0.05) is 23.8 Å². The van der Waals surface area contributed by atoms with E-state index < -0.39 is 0 Å². The lowest BCUT2D eigenvalue weighted by Gasteiger charge is -2.05. The highest BCUT2D eigenvalue weighted by Gasteiger charge is 2.24. The monoisotopic (exact) mass is 227 g/mol. The molecule has 1 heterocycles. The third-order valence-corrected chi connectivity index (χ3v) is 3.52. The molecule has 1 aliphatic carbocycles. The number of ketones is 1. The van der Waals surface area contributed by atoms with Gasteiger partial charge in [0.05, 0.1) is 9.21 Å². The van der Waals surface area contributed by atoms with E-state index in [2.05, 4.69) is 0 Å². The van der Waals surface area contributed by atoms with E-state index in [-0.39, 0.29) is 17.7 Å². The summed E-state index contributed by atoms with van der Waals surface area (Å²) in [6.07, 6.45) is 4.49. The molecule has 1 aliphatic rings. The van der Waals surface area contributed by atoms with Gasteiger partial charge >= 0.3 is 0 Å². The van der Waals surface area contributed by atoms with Crippen molar-refractivity contribution >= 4 is 28.7 Å². The first-order valence-electron chi connectivity index (χ1n) is 4.40. The van der Waals surface area contributed by atoms with Gasteiger partial charge in [0, 0.05) is 12.0 Å². The molecule has 2 rings (SSSR count). The molecule has 2 nitrogen and oxygen atoms in total. The Bertz CT molecular complexity index is 385. The van der Waals surface area contributed by atoms with Crippen molar-refractivity contribution in [2.24, 2.45) is 11.7 Å². The largest absolute Gasteiger partial charge is 0.324 e. The maximum atomic E-state index is 11.9. The van der Waals surface area contributed by atoms with Crippen LogP contribution in [0, 0.1) is 5.92 Å². The smallest absolute Gasteiger partial charge is 0.179 e. The number of allylic oxidation sites excluding steroid dienone is 1. The predicted octanol–water partition coefficient (Wildman–Crippen LogP) is 2.49. The van der Waals surface area contributed by atoms with Crippen LogP contribution in [0.25, 0.3) is 0 Å². The van der Waals surface area contributed by atoms with Gasteiger partial charge in [0.2, 0.25) is 0 Å². The van der Waals surface area contributed by atoms with E-state index in [1.165, 1.54) is 11.3 Å². The molecule has 2 unspecified atom stereocenters. The van der Waals surface area contributed by atoms with Gasteiger partial charge in [-0.3, -0.25) is 4.79 Å². The molecular weight excluding hydrogens is 218 g/mol. The minimum atomic E-state index is -0.0558. The Hall–Kier alpha value is -0.640. The molecule has 0 saturated carbocycles. The van der Waals surface area contributed by atoms with E-state index in [1.54, 1.807) is 12.1 Å². The molecule has 0 aromatic carbocycles. The molecule has 0 radical (unpaired) electrons. The van der Waals surface area contributed by atoms with E-state index in [4.69, 9.17) is 17.3 Å². The van der Waals surface area contributed by atoms with Crippen molar-refractivity contribution in [3.63, 3.8) is 0 Å². The van der Waals surface area contributed by atoms with E-state index in [0.29, 0.717) is 10.8 Å². The van der Waals surface area contributed by atoms with Crippen LogP contribution in [0.15, 0.2) is 24.3 Å². The molecule has 2 atom stereocenters. The van der Waals surface area contributed by atoms with Crippen LogP contribution in [0.2, 0.25) is 4.34 Å². The fraction of sp³-hybridized carbons (Fsp3) is 0.300. The number of Topliss-reactive ketones (excluding diaryl/α,β-unsaturated/α-hetero) is 1. The first kappa shape index (κ1) is 9.90. The van der Waals surface area contributed by atoms with Gasteiger partial charge in [-0.25, -0.2) is 0 Å². The summed E-state index contributed by atoms with van der Waals surface area (Å²) in [6.45, 7) is 0. The molecule has 1 aromatic rings. The highest BCUT2D eigenvalue weighted by molar-refractivity contribution is 7.18. The standard InChI is InChI=1S/C10H10ClNOS/c11-9-4-3-8(14-9)10(13)6-1-2-7(12)5-6/h1-4,6-7H,5,12H2. The SMILES string of the molecule is NC1C=CC(C(=O)c2ccc(Cl)s2)C1. The number of halogens is 1. The lowest BCUT2D eigenvalue weighted by atomic mass is 10.0. The molecule has 0 aliphatic heterocycles.